The van der Waals surface area contributed by atoms with Crippen LogP contribution in [0, 0.1) is 12.3 Å². The van der Waals surface area contributed by atoms with Gasteiger partial charge in [0.2, 0.25) is 0 Å². The van der Waals surface area contributed by atoms with Gasteiger partial charge in [-0.3, -0.25) is 0 Å². The summed E-state index contributed by atoms with van der Waals surface area (Å²) >= 11 is 0. The Morgan fingerprint density at radius 2 is 1.96 bits per heavy atom. The van der Waals surface area contributed by atoms with Gasteiger partial charge in [-0.05, 0) is 62.3 Å². The van der Waals surface area contributed by atoms with Gasteiger partial charge in [0.25, 0.3) is 0 Å². The lowest BCUT2D eigenvalue weighted by Crippen LogP contribution is -2.39. The molecule has 0 radical (unpaired) electrons. The average Bonchev–Trinajstić information content (AvgIpc) is 2.54. The van der Waals surface area contributed by atoms with Gasteiger partial charge in [-0.15, -0.1) is 0 Å². The number of aryl methyl sites for hydroxylation is 1. The van der Waals surface area contributed by atoms with E-state index in [-0.39, 0.29) is 18.1 Å². The minimum atomic E-state index is -0.221. The van der Waals surface area contributed by atoms with Crippen LogP contribution in [0.3, 0.4) is 0 Å². The van der Waals surface area contributed by atoms with Gasteiger partial charge in [0, 0.05) is 18.8 Å². The Kier molecular flexibility index (Phi) is 7.89. The number of amides is 2. The maximum absolute atomic E-state index is 12.1. The van der Waals surface area contributed by atoms with E-state index in [0.717, 1.165) is 29.8 Å². The number of carbonyl (C=O) groups is 1. The first-order valence-corrected chi connectivity index (χ1v) is 8.39. The maximum Gasteiger partial charge on any atom is 0.319 e. The van der Waals surface area contributed by atoms with Crippen LogP contribution in [-0.2, 0) is 0 Å². The molecule has 5 heteroatoms. The summed E-state index contributed by atoms with van der Waals surface area (Å²) in [6.45, 7) is 9.38. The molecule has 23 heavy (non-hydrogen) atoms. The summed E-state index contributed by atoms with van der Waals surface area (Å²) < 4.78 is 5.44. The van der Waals surface area contributed by atoms with E-state index in [1.54, 1.807) is 0 Å². The lowest BCUT2D eigenvalue weighted by molar-refractivity contribution is 0.165. The predicted molar refractivity (Wildman–Crippen MR) is 94.1 cm³/mol. The molecule has 1 aromatic rings. The molecule has 3 N–H and O–H groups in total. The Labute approximate surface area is 139 Å². The number of aliphatic hydroxyl groups is 1. The monoisotopic (exact) mass is 322 g/mol. The van der Waals surface area contributed by atoms with Crippen molar-refractivity contribution in [2.75, 3.05) is 25.1 Å². The van der Waals surface area contributed by atoms with Gasteiger partial charge in [0.15, 0.2) is 0 Å². The van der Waals surface area contributed by atoms with Gasteiger partial charge in [0.1, 0.15) is 5.75 Å². The molecule has 0 saturated carbocycles. The Balaban J connectivity index is 2.62. The van der Waals surface area contributed by atoms with E-state index in [9.17, 15) is 9.90 Å². The van der Waals surface area contributed by atoms with Crippen molar-refractivity contribution in [2.45, 2.75) is 47.0 Å². The van der Waals surface area contributed by atoms with Crippen LogP contribution in [0.25, 0.3) is 0 Å². The topological polar surface area (TPSA) is 70.6 Å². The summed E-state index contributed by atoms with van der Waals surface area (Å²) in [6.07, 6.45) is 2.54. The summed E-state index contributed by atoms with van der Waals surface area (Å²) in [5, 5.41) is 15.0. The number of urea groups is 1. The number of nitrogens with one attached hydrogen (secondary N) is 2. The lowest BCUT2D eigenvalue weighted by Gasteiger charge is -2.31. The van der Waals surface area contributed by atoms with E-state index in [1.165, 1.54) is 0 Å². The van der Waals surface area contributed by atoms with Gasteiger partial charge in [0.05, 0.1) is 6.61 Å². The normalized spacial score (nSPS) is 11.2. The lowest BCUT2D eigenvalue weighted by atomic mass is 9.79. The number of hydrogen-bond acceptors (Lipinski definition) is 3. The minimum Gasteiger partial charge on any atom is -0.494 e. The van der Waals surface area contributed by atoms with Crippen LogP contribution in [0.1, 0.15) is 45.6 Å². The van der Waals surface area contributed by atoms with Crippen LogP contribution < -0.4 is 15.4 Å². The fourth-order valence-electron chi connectivity index (χ4n) is 2.65. The highest BCUT2D eigenvalue weighted by Gasteiger charge is 2.26. The molecule has 0 spiro atoms. The summed E-state index contributed by atoms with van der Waals surface area (Å²) in [4.78, 5) is 12.1. The third kappa shape index (κ3) is 5.75. The van der Waals surface area contributed by atoms with Crippen LogP contribution in [0.2, 0.25) is 0 Å². The fourth-order valence-corrected chi connectivity index (χ4v) is 2.65. The van der Waals surface area contributed by atoms with Crippen molar-refractivity contribution in [1.29, 1.82) is 0 Å². The minimum absolute atomic E-state index is 0.0417. The van der Waals surface area contributed by atoms with Crippen LogP contribution in [0.5, 0.6) is 5.75 Å². The molecule has 0 aliphatic rings. The number of rotatable bonds is 9. The molecule has 0 saturated heterocycles. The molecule has 130 valence electrons. The largest absolute Gasteiger partial charge is 0.494 e. The molecule has 0 atom stereocenters. The van der Waals surface area contributed by atoms with Gasteiger partial charge < -0.3 is 20.5 Å². The zero-order chi connectivity index (χ0) is 17.3. The zero-order valence-electron chi connectivity index (χ0n) is 14.7. The molecular weight excluding hydrogens is 292 g/mol. The molecule has 0 unspecified atom stereocenters. The molecule has 0 fully saturated rings. The first kappa shape index (κ1) is 19.3. The molecular formula is C18H30N2O3. The third-order valence-corrected chi connectivity index (χ3v) is 4.52. The van der Waals surface area contributed by atoms with Crippen LogP contribution in [0.4, 0.5) is 10.5 Å². The van der Waals surface area contributed by atoms with E-state index in [2.05, 4.69) is 24.5 Å². The molecule has 0 heterocycles. The summed E-state index contributed by atoms with van der Waals surface area (Å²) in [5.41, 5.74) is 1.69. The summed E-state index contributed by atoms with van der Waals surface area (Å²) in [7, 11) is 0. The number of benzene rings is 1. The Morgan fingerprint density at radius 3 is 2.48 bits per heavy atom. The second-order valence-electron chi connectivity index (χ2n) is 5.90. The molecule has 0 aromatic heterocycles. The second-order valence-corrected chi connectivity index (χ2v) is 5.90. The summed E-state index contributed by atoms with van der Waals surface area (Å²) in [6, 6.07) is 5.38. The average molecular weight is 322 g/mol. The van der Waals surface area contributed by atoms with E-state index >= 15 is 0 Å². The van der Waals surface area contributed by atoms with Gasteiger partial charge in [-0.1, -0.05) is 13.8 Å². The highest BCUT2D eigenvalue weighted by Crippen LogP contribution is 2.29. The van der Waals surface area contributed by atoms with Crippen molar-refractivity contribution in [1.82, 2.24) is 5.32 Å². The standard InChI is InChI=1S/C18H30N2O3/c1-5-18(6-2,10-11-21)13-19-17(22)20-16-9-8-15(23-7-3)12-14(16)4/h8-9,12,21H,5-7,10-11,13H2,1-4H3,(H2,19,20,22). The number of carbonyl (C=O) groups excluding carboxylic acids is 1. The van der Waals surface area contributed by atoms with Crippen LogP contribution in [0.15, 0.2) is 18.2 Å². The number of aliphatic hydroxyl groups excluding tert-OH is 1. The molecule has 5 nitrogen and oxygen atoms in total. The molecule has 0 aliphatic carbocycles. The highest BCUT2D eigenvalue weighted by atomic mass is 16.5. The first-order valence-electron chi connectivity index (χ1n) is 8.39. The van der Waals surface area contributed by atoms with Crippen molar-refractivity contribution < 1.29 is 14.6 Å². The number of hydrogen-bond donors (Lipinski definition) is 3. The maximum atomic E-state index is 12.1. The van der Waals surface area contributed by atoms with Crippen molar-refractivity contribution in [3.05, 3.63) is 23.8 Å². The molecule has 2 amide bonds. The van der Waals surface area contributed by atoms with Crippen molar-refractivity contribution in [3.63, 3.8) is 0 Å². The SMILES string of the molecule is CCOc1ccc(NC(=O)NCC(CC)(CC)CCO)c(C)c1. The highest BCUT2D eigenvalue weighted by molar-refractivity contribution is 5.90. The van der Waals surface area contributed by atoms with Crippen LogP contribution >= 0.6 is 0 Å². The number of anilines is 1. The molecule has 0 aliphatic heterocycles. The van der Waals surface area contributed by atoms with Crippen LogP contribution in [-0.4, -0.2) is 30.9 Å². The third-order valence-electron chi connectivity index (χ3n) is 4.52. The van der Waals surface area contributed by atoms with Gasteiger partial charge >= 0.3 is 6.03 Å². The van der Waals surface area contributed by atoms with E-state index in [4.69, 9.17) is 4.74 Å². The molecule has 1 rings (SSSR count). The first-order chi connectivity index (χ1) is 11.0. The molecule has 0 bridgehead atoms. The van der Waals surface area contributed by atoms with Gasteiger partial charge in [-0.25, -0.2) is 4.79 Å². The van der Waals surface area contributed by atoms with E-state index in [0.29, 0.717) is 19.6 Å². The Bertz CT molecular complexity index is 499. The Morgan fingerprint density at radius 1 is 1.26 bits per heavy atom. The predicted octanol–water partition coefficient (Wildman–Crippen LogP) is 3.70. The van der Waals surface area contributed by atoms with Crippen molar-refractivity contribution in [2.24, 2.45) is 5.41 Å². The second kappa shape index (κ2) is 9.40. The molecule has 1 aromatic carbocycles. The van der Waals surface area contributed by atoms with E-state index in [1.807, 2.05) is 32.0 Å². The summed E-state index contributed by atoms with van der Waals surface area (Å²) in [5.74, 6) is 0.801. The van der Waals surface area contributed by atoms with E-state index < -0.39 is 0 Å². The van der Waals surface area contributed by atoms with Crippen molar-refractivity contribution >= 4 is 11.7 Å². The quantitative estimate of drug-likeness (QED) is 0.649. The fraction of sp³-hybridized carbons (Fsp3) is 0.611. The Hall–Kier alpha value is -1.75. The van der Waals surface area contributed by atoms with Crippen molar-refractivity contribution in [3.8, 4) is 5.75 Å². The van der Waals surface area contributed by atoms with Gasteiger partial charge in [-0.2, -0.15) is 0 Å². The zero-order valence-corrected chi connectivity index (χ0v) is 14.7. The number of ether oxygens (including phenoxy) is 1. The smallest absolute Gasteiger partial charge is 0.319 e.